The normalized spacial score (nSPS) is 17.4. The van der Waals surface area contributed by atoms with Crippen molar-refractivity contribution in [3.8, 4) is 23.2 Å². The third-order valence-electron chi connectivity index (χ3n) is 5.19. The SMILES string of the molecule is CC#CC(=O)N1CCN(c2ccc(-c3noc(C4CCC4)n3)cc2)CC1. The Labute approximate surface area is 153 Å². The first-order chi connectivity index (χ1) is 12.7. The largest absolute Gasteiger partial charge is 0.368 e. The van der Waals surface area contributed by atoms with Gasteiger partial charge < -0.3 is 14.3 Å². The summed E-state index contributed by atoms with van der Waals surface area (Å²) in [6, 6.07) is 8.23. The number of rotatable bonds is 3. The Kier molecular flexibility index (Phi) is 4.61. The Hall–Kier alpha value is -2.81. The molecule has 1 aromatic heterocycles. The number of carbonyl (C=O) groups excluding carboxylic acids is 1. The van der Waals surface area contributed by atoms with E-state index in [1.165, 1.54) is 6.42 Å². The molecule has 1 saturated heterocycles. The fourth-order valence-electron chi connectivity index (χ4n) is 3.35. The van der Waals surface area contributed by atoms with E-state index in [0.717, 1.165) is 43.1 Å². The Morgan fingerprint density at radius 2 is 1.88 bits per heavy atom. The van der Waals surface area contributed by atoms with Gasteiger partial charge in [0.1, 0.15) is 0 Å². The Balaban J connectivity index is 1.39. The van der Waals surface area contributed by atoms with Crippen LogP contribution < -0.4 is 4.90 Å². The minimum Gasteiger partial charge on any atom is -0.368 e. The number of carbonyl (C=O) groups is 1. The number of amides is 1. The maximum Gasteiger partial charge on any atom is 0.298 e. The van der Waals surface area contributed by atoms with Gasteiger partial charge in [0.05, 0.1) is 0 Å². The standard InChI is InChI=1S/C20H22N4O2/c1-2-4-18(25)24-13-11-23(12-14-24)17-9-7-15(8-10-17)19-21-20(26-22-19)16-5-3-6-16/h7-10,16H,3,5-6,11-14H2,1H3. The molecule has 0 spiro atoms. The second-order valence-electron chi connectivity index (χ2n) is 6.79. The third-order valence-corrected chi connectivity index (χ3v) is 5.19. The number of piperazine rings is 1. The second-order valence-corrected chi connectivity index (χ2v) is 6.79. The van der Waals surface area contributed by atoms with Crippen LogP contribution >= 0.6 is 0 Å². The van der Waals surface area contributed by atoms with E-state index in [0.29, 0.717) is 24.8 Å². The molecule has 0 atom stereocenters. The molecule has 6 nitrogen and oxygen atoms in total. The van der Waals surface area contributed by atoms with Crippen molar-refractivity contribution in [3.63, 3.8) is 0 Å². The van der Waals surface area contributed by atoms with E-state index in [-0.39, 0.29) is 5.91 Å². The molecule has 4 rings (SSSR count). The second kappa shape index (κ2) is 7.20. The number of aromatic nitrogens is 2. The molecular formula is C20H22N4O2. The predicted octanol–water partition coefficient (Wildman–Crippen LogP) is 2.68. The van der Waals surface area contributed by atoms with Crippen molar-refractivity contribution in [2.24, 2.45) is 0 Å². The van der Waals surface area contributed by atoms with Crippen molar-refractivity contribution in [1.82, 2.24) is 15.0 Å². The molecular weight excluding hydrogens is 328 g/mol. The van der Waals surface area contributed by atoms with E-state index in [1.54, 1.807) is 6.92 Å². The van der Waals surface area contributed by atoms with Crippen LogP contribution in [0.25, 0.3) is 11.4 Å². The number of hydrogen-bond donors (Lipinski definition) is 0. The molecule has 1 aliphatic carbocycles. The lowest BCUT2D eigenvalue weighted by molar-refractivity contribution is -0.125. The first-order valence-electron chi connectivity index (χ1n) is 9.15. The summed E-state index contributed by atoms with van der Waals surface area (Å²) in [7, 11) is 0. The third kappa shape index (κ3) is 3.30. The maximum atomic E-state index is 11.8. The molecule has 0 bridgehead atoms. The number of hydrogen-bond acceptors (Lipinski definition) is 5. The van der Waals surface area contributed by atoms with Gasteiger partial charge in [-0.05, 0) is 50.0 Å². The van der Waals surface area contributed by atoms with Crippen molar-refractivity contribution in [2.75, 3.05) is 31.1 Å². The zero-order valence-electron chi connectivity index (χ0n) is 14.9. The van der Waals surface area contributed by atoms with Crippen molar-refractivity contribution < 1.29 is 9.32 Å². The van der Waals surface area contributed by atoms with Crippen LogP contribution in [0.5, 0.6) is 0 Å². The molecule has 2 aliphatic rings. The van der Waals surface area contributed by atoms with E-state index in [1.807, 2.05) is 17.0 Å². The summed E-state index contributed by atoms with van der Waals surface area (Å²) in [5, 5.41) is 4.12. The average Bonchev–Trinajstić information content (AvgIpc) is 3.10. The van der Waals surface area contributed by atoms with E-state index in [2.05, 4.69) is 39.0 Å². The van der Waals surface area contributed by atoms with Crippen LogP contribution in [0, 0.1) is 11.8 Å². The summed E-state index contributed by atoms with van der Waals surface area (Å²) < 4.78 is 5.40. The van der Waals surface area contributed by atoms with Gasteiger partial charge in [-0.25, -0.2) is 0 Å². The molecule has 134 valence electrons. The molecule has 0 radical (unpaired) electrons. The predicted molar refractivity (Wildman–Crippen MR) is 98.6 cm³/mol. The molecule has 26 heavy (non-hydrogen) atoms. The Bertz CT molecular complexity index is 835. The van der Waals surface area contributed by atoms with Crippen LogP contribution in [0.1, 0.15) is 38.0 Å². The topological polar surface area (TPSA) is 62.5 Å². The van der Waals surface area contributed by atoms with Gasteiger partial charge in [-0.1, -0.05) is 17.5 Å². The lowest BCUT2D eigenvalue weighted by Gasteiger charge is -2.35. The van der Waals surface area contributed by atoms with Gasteiger partial charge in [0.15, 0.2) is 0 Å². The summed E-state index contributed by atoms with van der Waals surface area (Å²) in [4.78, 5) is 20.5. The Morgan fingerprint density at radius 1 is 1.15 bits per heavy atom. The van der Waals surface area contributed by atoms with Crippen LogP contribution in [0.3, 0.4) is 0 Å². The molecule has 1 amide bonds. The van der Waals surface area contributed by atoms with Gasteiger partial charge in [0, 0.05) is 43.3 Å². The average molecular weight is 350 g/mol. The summed E-state index contributed by atoms with van der Waals surface area (Å²) in [5.74, 6) is 7.08. The van der Waals surface area contributed by atoms with Crippen LogP contribution in [-0.2, 0) is 4.79 Å². The van der Waals surface area contributed by atoms with Crippen LogP contribution in [0.15, 0.2) is 28.8 Å². The fraction of sp³-hybridized carbons (Fsp3) is 0.450. The molecule has 1 aliphatic heterocycles. The van der Waals surface area contributed by atoms with Crippen molar-refractivity contribution in [2.45, 2.75) is 32.1 Å². The van der Waals surface area contributed by atoms with E-state index >= 15 is 0 Å². The number of benzene rings is 1. The first-order valence-corrected chi connectivity index (χ1v) is 9.15. The summed E-state index contributed by atoms with van der Waals surface area (Å²) in [6.07, 6.45) is 3.55. The van der Waals surface area contributed by atoms with Gasteiger partial charge in [0.25, 0.3) is 5.91 Å². The molecule has 0 unspecified atom stereocenters. The minimum absolute atomic E-state index is 0.0816. The van der Waals surface area contributed by atoms with E-state index in [9.17, 15) is 4.79 Å². The van der Waals surface area contributed by atoms with Gasteiger partial charge in [-0.2, -0.15) is 4.98 Å². The summed E-state index contributed by atoms with van der Waals surface area (Å²) >= 11 is 0. The number of anilines is 1. The van der Waals surface area contributed by atoms with Gasteiger partial charge >= 0.3 is 0 Å². The lowest BCUT2D eigenvalue weighted by atomic mass is 9.85. The number of nitrogens with zero attached hydrogens (tertiary/aromatic N) is 4. The van der Waals surface area contributed by atoms with Crippen molar-refractivity contribution in [3.05, 3.63) is 30.2 Å². The van der Waals surface area contributed by atoms with Gasteiger partial charge in [-0.3, -0.25) is 4.79 Å². The summed E-state index contributed by atoms with van der Waals surface area (Å²) in [6.45, 7) is 4.71. The lowest BCUT2D eigenvalue weighted by Crippen LogP contribution is -2.48. The molecule has 2 fully saturated rings. The highest BCUT2D eigenvalue weighted by Crippen LogP contribution is 2.36. The molecule has 2 heterocycles. The van der Waals surface area contributed by atoms with Crippen molar-refractivity contribution >= 4 is 11.6 Å². The first kappa shape index (κ1) is 16.6. The Morgan fingerprint density at radius 3 is 2.50 bits per heavy atom. The minimum atomic E-state index is -0.0816. The molecule has 2 aromatic rings. The van der Waals surface area contributed by atoms with Crippen LogP contribution in [0.4, 0.5) is 5.69 Å². The molecule has 1 saturated carbocycles. The highest BCUT2D eigenvalue weighted by molar-refractivity contribution is 5.93. The van der Waals surface area contributed by atoms with Crippen molar-refractivity contribution in [1.29, 1.82) is 0 Å². The van der Waals surface area contributed by atoms with Crippen LogP contribution in [-0.4, -0.2) is 47.1 Å². The molecule has 1 aromatic carbocycles. The fourth-order valence-corrected chi connectivity index (χ4v) is 3.35. The maximum absolute atomic E-state index is 11.8. The molecule has 0 N–H and O–H groups in total. The van der Waals surface area contributed by atoms with E-state index in [4.69, 9.17) is 4.52 Å². The van der Waals surface area contributed by atoms with Crippen LogP contribution in [0.2, 0.25) is 0 Å². The highest BCUT2D eigenvalue weighted by Gasteiger charge is 2.25. The summed E-state index contributed by atoms with van der Waals surface area (Å²) in [5.41, 5.74) is 2.11. The van der Waals surface area contributed by atoms with Gasteiger partial charge in [-0.15, -0.1) is 0 Å². The monoisotopic (exact) mass is 350 g/mol. The zero-order valence-corrected chi connectivity index (χ0v) is 14.9. The molecule has 6 heteroatoms. The van der Waals surface area contributed by atoms with E-state index < -0.39 is 0 Å². The van der Waals surface area contributed by atoms with Gasteiger partial charge in [0.2, 0.25) is 11.7 Å². The zero-order chi connectivity index (χ0) is 17.9. The highest BCUT2D eigenvalue weighted by atomic mass is 16.5. The quantitative estimate of drug-likeness (QED) is 0.797. The smallest absolute Gasteiger partial charge is 0.298 e.